The van der Waals surface area contributed by atoms with Gasteiger partial charge in [0.25, 0.3) is 5.91 Å². The van der Waals surface area contributed by atoms with Gasteiger partial charge in [0.05, 0.1) is 11.8 Å². The Morgan fingerprint density at radius 2 is 1.77 bits per heavy atom. The molecule has 0 atom stereocenters. The molecule has 7 heteroatoms. The highest BCUT2D eigenvalue weighted by molar-refractivity contribution is 7.17. The van der Waals surface area contributed by atoms with Crippen LogP contribution in [0.1, 0.15) is 39.3 Å². The van der Waals surface area contributed by atoms with E-state index < -0.39 is 0 Å². The molecule has 0 bridgehead atoms. The molecule has 1 fully saturated rings. The molecule has 0 saturated carbocycles. The number of piperidine rings is 1. The summed E-state index contributed by atoms with van der Waals surface area (Å²) >= 11 is 1.31. The Morgan fingerprint density at radius 1 is 1.13 bits per heavy atom. The summed E-state index contributed by atoms with van der Waals surface area (Å²) in [6.45, 7) is 4.98. The molecular weight excluding hydrogens is 413 g/mol. The van der Waals surface area contributed by atoms with Crippen molar-refractivity contribution in [2.75, 3.05) is 13.1 Å². The van der Waals surface area contributed by atoms with Gasteiger partial charge in [-0.15, -0.1) is 11.3 Å². The number of hydrogen-bond acceptors (Lipinski definition) is 5. The lowest BCUT2D eigenvalue weighted by atomic mass is 10.1. The van der Waals surface area contributed by atoms with E-state index in [1.807, 2.05) is 19.1 Å². The Kier molecular flexibility index (Phi) is 6.75. The van der Waals surface area contributed by atoms with E-state index in [4.69, 9.17) is 0 Å². The van der Waals surface area contributed by atoms with Gasteiger partial charge < -0.3 is 10.4 Å². The molecule has 5 nitrogen and oxygen atoms in total. The minimum Gasteiger partial charge on any atom is -0.393 e. The van der Waals surface area contributed by atoms with Crippen molar-refractivity contribution in [1.29, 1.82) is 0 Å². The van der Waals surface area contributed by atoms with Gasteiger partial charge in [0.2, 0.25) is 0 Å². The minimum absolute atomic E-state index is 0.153. The van der Waals surface area contributed by atoms with Crippen molar-refractivity contribution in [3.05, 3.63) is 76.0 Å². The smallest absolute Gasteiger partial charge is 0.263 e. The second-order valence-electron chi connectivity index (χ2n) is 7.95. The number of thiazole rings is 1. The topological polar surface area (TPSA) is 65.5 Å². The molecule has 1 amide bonds. The maximum absolute atomic E-state index is 13.1. The van der Waals surface area contributed by atoms with E-state index in [0.29, 0.717) is 22.1 Å². The third kappa shape index (κ3) is 5.55. The third-order valence-corrected chi connectivity index (χ3v) is 6.74. The van der Waals surface area contributed by atoms with Crippen molar-refractivity contribution in [3.63, 3.8) is 0 Å². The van der Waals surface area contributed by atoms with E-state index in [-0.39, 0.29) is 17.8 Å². The maximum Gasteiger partial charge on any atom is 0.263 e. The lowest BCUT2D eigenvalue weighted by Gasteiger charge is -2.29. The van der Waals surface area contributed by atoms with Crippen LogP contribution in [0.2, 0.25) is 0 Å². The molecule has 1 aliphatic heterocycles. The van der Waals surface area contributed by atoms with E-state index in [9.17, 15) is 14.3 Å². The van der Waals surface area contributed by atoms with Gasteiger partial charge in [-0.05, 0) is 55.2 Å². The molecule has 2 aromatic carbocycles. The predicted molar refractivity (Wildman–Crippen MR) is 120 cm³/mol. The molecule has 1 aliphatic rings. The van der Waals surface area contributed by atoms with Crippen LogP contribution in [-0.2, 0) is 13.1 Å². The summed E-state index contributed by atoms with van der Waals surface area (Å²) in [4.78, 5) is 20.1. The molecule has 2 N–H and O–H groups in total. The first kappa shape index (κ1) is 21.6. The standard InChI is InChI=1S/C24H26FN3O2S/c1-16-22(31-24(27-16)19-6-8-20(25)9-7-19)23(30)26-14-17-2-4-18(5-3-17)15-28-12-10-21(29)11-13-28/h2-9,21,29H,10-15H2,1H3,(H,26,30). The van der Waals surface area contributed by atoms with E-state index in [1.165, 1.54) is 29.0 Å². The highest BCUT2D eigenvalue weighted by Gasteiger charge is 2.18. The zero-order valence-corrected chi connectivity index (χ0v) is 18.3. The summed E-state index contributed by atoms with van der Waals surface area (Å²) in [5.41, 5.74) is 3.73. The highest BCUT2D eigenvalue weighted by atomic mass is 32.1. The van der Waals surface area contributed by atoms with Gasteiger partial charge in [0.1, 0.15) is 15.7 Å². The number of rotatable bonds is 6. The number of nitrogens with one attached hydrogen (secondary N) is 1. The van der Waals surface area contributed by atoms with Crippen LogP contribution >= 0.6 is 11.3 Å². The molecule has 0 aliphatic carbocycles. The van der Waals surface area contributed by atoms with Crippen LogP contribution in [0.25, 0.3) is 10.6 Å². The van der Waals surface area contributed by atoms with Crippen LogP contribution in [-0.4, -0.2) is 40.1 Å². The largest absolute Gasteiger partial charge is 0.393 e. The molecule has 1 aromatic heterocycles. The lowest BCUT2D eigenvalue weighted by Crippen LogP contribution is -2.35. The molecule has 162 valence electrons. The number of hydrogen-bond donors (Lipinski definition) is 2. The number of halogens is 1. The van der Waals surface area contributed by atoms with Crippen LogP contribution in [0.4, 0.5) is 4.39 Å². The zero-order chi connectivity index (χ0) is 21.8. The zero-order valence-electron chi connectivity index (χ0n) is 17.5. The van der Waals surface area contributed by atoms with Crippen molar-refractivity contribution >= 4 is 17.2 Å². The van der Waals surface area contributed by atoms with Crippen LogP contribution in [0.3, 0.4) is 0 Å². The highest BCUT2D eigenvalue weighted by Crippen LogP contribution is 2.28. The van der Waals surface area contributed by atoms with Crippen LogP contribution in [0, 0.1) is 12.7 Å². The molecule has 0 unspecified atom stereocenters. The first-order valence-electron chi connectivity index (χ1n) is 10.5. The van der Waals surface area contributed by atoms with Crippen LogP contribution in [0.5, 0.6) is 0 Å². The fourth-order valence-corrected chi connectivity index (χ4v) is 4.67. The summed E-state index contributed by atoms with van der Waals surface area (Å²) in [5, 5.41) is 13.3. The van der Waals surface area contributed by atoms with E-state index in [1.54, 1.807) is 12.1 Å². The molecular formula is C24H26FN3O2S. The molecule has 4 rings (SSSR count). The van der Waals surface area contributed by atoms with Crippen LogP contribution in [0.15, 0.2) is 48.5 Å². The van der Waals surface area contributed by atoms with Gasteiger partial charge in [0.15, 0.2) is 0 Å². The van der Waals surface area contributed by atoms with Crippen molar-refractivity contribution < 1.29 is 14.3 Å². The third-order valence-electron chi connectivity index (χ3n) is 5.53. The molecule has 31 heavy (non-hydrogen) atoms. The van der Waals surface area contributed by atoms with E-state index in [0.717, 1.165) is 43.6 Å². The van der Waals surface area contributed by atoms with Crippen molar-refractivity contribution in [2.45, 2.75) is 39.0 Å². The van der Waals surface area contributed by atoms with Crippen molar-refractivity contribution in [1.82, 2.24) is 15.2 Å². The normalized spacial score (nSPS) is 15.2. The summed E-state index contributed by atoms with van der Waals surface area (Å²) in [6, 6.07) is 14.4. The molecule has 2 heterocycles. The minimum atomic E-state index is -0.296. The Balaban J connectivity index is 1.33. The average molecular weight is 440 g/mol. The fraction of sp³-hybridized carbons (Fsp3) is 0.333. The van der Waals surface area contributed by atoms with Crippen molar-refractivity contribution in [3.8, 4) is 10.6 Å². The quantitative estimate of drug-likeness (QED) is 0.606. The van der Waals surface area contributed by atoms with Gasteiger partial charge >= 0.3 is 0 Å². The number of likely N-dealkylation sites (tertiary alicyclic amines) is 1. The second kappa shape index (κ2) is 9.68. The van der Waals surface area contributed by atoms with Crippen LogP contribution < -0.4 is 5.32 Å². The Hall–Kier alpha value is -2.61. The van der Waals surface area contributed by atoms with Crippen molar-refractivity contribution in [2.24, 2.45) is 0 Å². The van der Waals surface area contributed by atoms with E-state index >= 15 is 0 Å². The average Bonchev–Trinajstić information content (AvgIpc) is 3.17. The number of carbonyl (C=O) groups excluding carboxylic acids is 1. The number of nitrogens with zero attached hydrogens (tertiary/aromatic N) is 2. The number of aromatic nitrogens is 1. The number of amides is 1. The van der Waals surface area contributed by atoms with Gasteiger partial charge in [0, 0.05) is 31.7 Å². The molecule has 0 spiro atoms. The number of aryl methyl sites for hydroxylation is 1. The summed E-state index contributed by atoms with van der Waals surface area (Å²) in [7, 11) is 0. The summed E-state index contributed by atoms with van der Waals surface area (Å²) < 4.78 is 13.1. The molecule has 0 radical (unpaired) electrons. The Bertz CT molecular complexity index is 1030. The number of aliphatic hydroxyl groups excluding tert-OH is 1. The number of aliphatic hydroxyl groups is 1. The summed E-state index contributed by atoms with van der Waals surface area (Å²) in [6.07, 6.45) is 1.52. The maximum atomic E-state index is 13.1. The summed E-state index contributed by atoms with van der Waals surface area (Å²) in [5.74, 6) is -0.449. The van der Waals surface area contributed by atoms with Gasteiger partial charge in [-0.1, -0.05) is 24.3 Å². The number of carbonyl (C=O) groups is 1. The van der Waals surface area contributed by atoms with Gasteiger partial charge in [-0.2, -0.15) is 0 Å². The van der Waals surface area contributed by atoms with Gasteiger partial charge in [-0.3, -0.25) is 9.69 Å². The Morgan fingerprint density at radius 3 is 2.45 bits per heavy atom. The lowest BCUT2D eigenvalue weighted by molar-refractivity contribution is 0.0792. The number of benzene rings is 2. The molecule has 1 saturated heterocycles. The van der Waals surface area contributed by atoms with E-state index in [2.05, 4.69) is 27.3 Å². The molecule has 3 aromatic rings. The van der Waals surface area contributed by atoms with Gasteiger partial charge in [-0.25, -0.2) is 9.37 Å². The SMILES string of the molecule is Cc1nc(-c2ccc(F)cc2)sc1C(=O)NCc1ccc(CN2CCC(O)CC2)cc1. The Labute approximate surface area is 185 Å². The first-order chi connectivity index (χ1) is 15.0. The predicted octanol–water partition coefficient (Wildman–Crippen LogP) is 4.14. The monoisotopic (exact) mass is 439 g/mol. The second-order valence-corrected chi connectivity index (χ2v) is 8.95. The fourth-order valence-electron chi connectivity index (χ4n) is 3.68. The first-order valence-corrected chi connectivity index (χ1v) is 11.3.